The van der Waals surface area contributed by atoms with E-state index in [2.05, 4.69) is 0 Å². The van der Waals surface area contributed by atoms with Gasteiger partial charge in [-0.25, -0.2) is 0 Å². The number of anilines is 1. The van der Waals surface area contributed by atoms with Gasteiger partial charge < -0.3 is 10.2 Å². The van der Waals surface area contributed by atoms with E-state index in [9.17, 15) is 14.4 Å². The van der Waals surface area contributed by atoms with Gasteiger partial charge in [0.05, 0.1) is 0 Å². The van der Waals surface area contributed by atoms with Crippen LogP contribution in [0.5, 0.6) is 0 Å². The van der Waals surface area contributed by atoms with Crippen LogP contribution in [0.2, 0.25) is 2.82 Å². The normalized spacial score (nSPS) is 22.3. The Morgan fingerprint density at radius 1 is 1.22 bits per heavy atom. The molecule has 1 atom stereocenters. The smallest absolute Gasteiger partial charge is 0.255 e. The first kappa shape index (κ1) is 13.1. The fraction of sp³-hybridized carbons (Fsp3) is 0.471. The van der Waals surface area contributed by atoms with Crippen LogP contribution in [-0.2, 0) is 16.1 Å². The number of nitrogens with zero attached hydrogens (tertiary/aromatic N) is 1. The van der Waals surface area contributed by atoms with Crippen LogP contribution < -0.4 is 10.6 Å². The molecule has 2 N–H and O–H groups in total. The molecule has 0 aromatic heterocycles. The maximum absolute atomic E-state index is 13.0. The molecule has 3 amide bonds. The molecule has 2 heterocycles. The number of imide groups is 1. The first-order chi connectivity index (χ1) is 11.7. The van der Waals surface area contributed by atoms with Crippen molar-refractivity contribution in [3.05, 3.63) is 27.8 Å². The Hall–Kier alpha value is -2.37. The van der Waals surface area contributed by atoms with E-state index in [1.165, 1.54) is 10.2 Å². The number of amides is 3. The molecule has 1 fully saturated rings. The summed E-state index contributed by atoms with van der Waals surface area (Å²) in [5.41, 5.74) is 4.71. The Labute approximate surface area is 138 Å². The van der Waals surface area contributed by atoms with E-state index in [-0.39, 0.29) is 25.3 Å². The quantitative estimate of drug-likeness (QED) is 0.809. The second kappa shape index (κ2) is 5.37. The summed E-state index contributed by atoms with van der Waals surface area (Å²) >= 11 is 0. The van der Waals surface area contributed by atoms with Crippen LogP contribution in [0.3, 0.4) is 0 Å². The van der Waals surface area contributed by atoms with E-state index in [1.54, 1.807) is 7.05 Å². The molecule has 2 aliphatic rings. The fourth-order valence-electron chi connectivity index (χ4n) is 3.53. The van der Waals surface area contributed by atoms with Gasteiger partial charge in [0.15, 0.2) is 2.82 Å². The highest BCUT2D eigenvalue weighted by Gasteiger charge is 2.41. The van der Waals surface area contributed by atoms with E-state index < -0.39 is 17.9 Å². The van der Waals surface area contributed by atoms with Gasteiger partial charge in [-0.3, -0.25) is 19.7 Å². The minimum Gasteiger partial charge on any atom is -0.388 e. The highest BCUT2D eigenvalue weighted by atomic mass is 16.2. The van der Waals surface area contributed by atoms with Gasteiger partial charge >= 0.3 is 0 Å². The van der Waals surface area contributed by atoms with Crippen molar-refractivity contribution >= 4 is 23.4 Å². The maximum Gasteiger partial charge on any atom is 0.255 e. The van der Waals surface area contributed by atoms with Gasteiger partial charge in [-0.05, 0) is 43.9 Å². The first-order valence-electron chi connectivity index (χ1n) is 8.58. The van der Waals surface area contributed by atoms with Gasteiger partial charge in [0.1, 0.15) is 6.04 Å². The fourth-order valence-corrected chi connectivity index (χ4v) is 3.53. The lowest BCUT2D eigenvalue weighted by molar-refractivity contribution is -0.136. The molecule has 0 aliphatic carbocycles. The largest absolute Gasteiger partial charge is 0.388 e. The van der Waals surface area contributed by atoms with Crippen molar-refractivity contribution in [3.63, 3.8) is 0 Å². The minimum absolute atomic E-state index is 0.0717. The molecule has 0 saturated carbocycles. The number of carbonyl (C=O) groups excluding carboxylic acids is 3. The Morgan fingerprint density at radius 3 is 2.57 bits per heavy atom. The van der Waals surface area contributed by atoms with E-state index in [0.717, 1.165) is 22.3 Å². The van der Waals surface area contributed by atoms with Crippen molar-refractivity contribution in [2.75, 3.05) is 12.4 Å². The second-order valence-corrected chi connectivity index (χ2v) is 6.13. The molecular formula is C17H21N3O3. The number of carbonyl (C=O) groups is 3. The third-order valence-corrected chi connectivity index (χ3v) is 5.00. The molecule has 6 nitrogen and oxygen atoms in total. The molecule has 6 heteroatoms. The minimum atomic E-state index is -0.806. The molecule has 0 radical (unpaired) electrons. The number of piperidine rings is 1. The van der Waals surface area contributed by atoms with Crippen molar-refractivity contribution in [2.24, 2.45) is 0 Å². The molecule has 1 saturated heterocycles. The van der Waals surface area contributed by atoms with Crippen LogP contribution >= 0.6 is 0 Å². The average Bonchev–Trinajstić information content (AvgIpc) is 2.87. The van der Waals surface area contributed by atoms with Gasteiger partial charge in [-0.15, -0.1) is 0 Å². The van der Waals surface area contributed by atoms with Gasteiger partial charge in [0.25, 0.3) is 5.91 Å². The summed E-state index contributed by atoms with van der Waals surface area (Å²) in [7, 11) is 1.61. The van der Waals surface area contributed by atoms with Crippen LogP contribution in [0.4, 0.5) is 5.69 Å². The van der Waals surface area contributed by atoms with E-state index in [0.29, 0.717) is 16.6 Å². The topological polar surface area (TPSA) is 78.5 Å². The zero-order chi connectivity index (χ0) is 18.6. The monoisotopic (exact) mass is 317 g/mol. The Balaban J connectivity index is 2.07. The average molecular weight is 317 g/mol. The SMILES string of the molecule is [2H]N1C(=O)CCC(N2Cc3c(c(C)c(C)c(C)c3N([2H])C)C2=O)C1=O. The highest BCUT2D eigenvalue weighted by molar-refractivity contribution is 6.07. The van der Waals surface area contributed by atoms with Crippen molar-refractivity contribution in [3.8, 4) is 0 Å². The Bertz CT molecular complexity index is 807. The van der Waals surface area contributed by atoms with Crippen LogP contribution in [-0.4, -0.2) is 35.7 Å². The van der Waals surface area contributed by atoms with E-state index in [4.69, 9.17) is 2.82 Å². The van der Waals surface area contributed by atoms with Crippen LogP contribution in [0.25, 0.3) is 0 Å². The van der Waals surface area contributed by atoms with Crippen LogP contribution in [0, 0.1) is 20.8 Å². The Kier molecular flexibility index (Phi) is 3.06. The van der Waals surface area contributed by atoms with Crippen LogP contribution in [0.15, 0.2) is 0 Å². The predicted molar refractivity (Wildman–Crippen MR) is 86.2 cm³/mol. The van der Waals surface area contributed by atoms with Crippen molar-refractivity contribution in [1.29, 1.82) is 0 Å². The van der Waals surface area contributed by atoms with Gasteiger partial charge in [-0.2, -0.15) is 0 Å². The molecule has 1 aromatic rings. The van der Waals surface area contributed by atoms with Crippen molar-refractivity contribution < 1.29 is 17.2 Å². The third kappa shape index (κ3) is 2.20. The number of nitrogens with one attached hydrogen (secondary N) is 2. The van der Waals surface area contributed by atoms with Crippen LogP contribution in [0.1, 0.15) is 45.5 Å². The number of benzene rings is 1. The van der Waals surface area contributed by atoms with E-state index >= 15 is 0 Å². The summed E-state index contributed by atoms with van der Waals surface area (Å²) in [4.78, 5) is 38.3. The van der Waals surface area contributed by atoms with Gasteiger partial charge in [-0.1, -0.05) is 0 Å². The number of fused-ring (bicyclic) bond motifs is 1. The maximum atomic E-state index is 13.0. The van der Waals surface area contributed by atoms with Gasteiger partial charge in [0, 0.05) is 36.8 Å². The van der Waals surface area contributed by atoms with E-state index in [1.807, 2.05) is 20.8 Å². The zero-order valence-corrected chi connectivity index (χ0v) is 13.8. The zero-order valence-electron chi connectivity index (χ0n) is 15.8. The molecule has 2 aliphatic heterocycles. The summed E-state index contributed by atoms with van der Waals surface area (Å²) in [5.74, 6) is -1.47. The molecule has 122 valence electrons. The van der Waals surface area contributed by atoms with Crippen molar-refractivity contribution in [1.82, 2.24) is 10.2 Å². The van der Waals surface area contributed by atoms with Crippen molar-refractivity contribution in [2.45, 2.75) is 46.2 Å². The standard InChI is InChI=1S/C17H21N3O3/c1-8-9(2)14-11(15(18-4)10(8)3)7-20(17(14)23)12-5-6-13(21)19-16(12)22/h12,18H,5-7H2,1-4H3,(H,19,21,22)/i/hD2. The lowest BCUT2D eigenvalue weighted by atomic mass is 9.93. The van der Waals surface area contributed by atoms with Gasteiger partial charge in [0.2, 0.25) is 11.8 Å². The summed E-state index contributed by atoms with van der Waals surface area (Å²) < 4.78 is 15.6. The molecule has 1 aromatic carbocycles. The molecule has 3 rings (SSSR count). The lowest BCUT2D eigenvalue weighted by Crippen LogP contribution is -2.52. The Morgan fingerprint density at radius 2 is 1.91 bits per heavy atom. The summed E-state index contributed by atoms with van der Waals surface area (Å²) in [5, 5.41) is 1.62. The molecule has 0 spiro atoms. The predicted octanol–water partition coefficient (Wildman–Crippen LogP) is 1.41. The summed E-state index contributed by atoms with van der Waals surface area (Å²) in [6.07, 6.45) is 0.304. The molecular weight excluding hydrogens is 294 g/mol. The summed E-state index contributed by atoms with van der Waals surface area (Å²) in [6.45, 7) is 5.93. The third-order valence-electron chi connectivity index (χ3n) is 5.00. The molecule has 23 heavy (non-hydrogen) atoms. The molecule has 0 bridgehead atoms. The lowest BCUT2D eigenvalue weighted by Gasteiger charge is -2.29. The number of hydrogen-bond donors (Lipinski definition) is 2. The second-order valence-electron chi connectivity index (χ2n) is 6.13. The molecule has 1 unspecified atom stereocenters. The first-order valence-corrected chi connectivity index (χ1v) is 7.68. The summed E-state index contributed by atoms with van der Waals surface area (Å²) in [6, 6.07) is -0.806. The number of rotatable bonds is 2. The highest BCUT2D eigenvalue weighted by Crippen LogP contribution is 2.38. The number of hydrogen-bond acceptors (Lipinski definition) is 4.